The number of nitrogen functional groups attached to an aromatic ring is 1. The molecule has 0 unspecified atom stereocenters. The fourth-order valence-corrected chi connectivity index (χ4v) is 2.97. The van der Waals surface area contributed by atoms with Gasteiger partial charge in [0, 0.05) is 18.3 Å². The summed E-state index contributed by atoms with van der Waals surface area (Å²) in [5.74, 6) is 0.294. The zero-order valence-electron chi connectivity index (χ0n) is 11.3. The van der Waals surface area contributed by atoms with Crippen LogP contribution in [0.2, 0.25) is 0 Å². The molecule has 0 spiro atoms. The SMILES string of the molecule is COC(=O)c1cc(N)cnc1N1CCC(SC)CC1. The van der Waals surface area contributed by atoms with Crippen LogP contribution in [0.25, 0.3) is 0 Å². The summed E-state index contributed by atoms with van der Waals surface area (Å²) in [5.41, 5.74) is 6.63. The highest BCUT2D eigenvalue weighted by Crippen LogP contribution is 2.27. The maximum absolute atomic E-state index is 11.8. The lowest BCUT2D eigenvalue weighted by Gasteiger charge is -2.32. The maximum atomic E-state index is 11.8. The summed E-state index contributed by atoms with van der Waals surface area (Å²) in [5, 5.41) is 0.701. The predicted molar refractivity (Wildman–Crippen MR) is 78.7 cm³/mol. The standard InChI is InChI=1S/C13H19N3O2S/c1-18-13(17)11-7-9(14)8-15-12(11)16-5-3-10(19-2)4-6-16/h7-8,10H,3-6,14H2,1-2H3. The Morgan fingerprint density at radius 2 is 2.21 bits per heavy atom. The van der Waals surface area contributed by atoms with Crippen LogP contribution in [0.1, 0.15) is 23.2 Å². The van der Waals surface area contributed by atoms with E-state index >= 15 is 0 Å². The molecule has 0 atom stereocenters. The van der Waals surface area contributed by atoms with Gasteiger partial charge >= 0.3 is 5.97 Å². The maximum Gasteiger partial charge on any atom is 0.341 e. The molecule has 0 saturated carbocycles. The van der Waals surface area contributed by atoms with Crippen molar-refractivity contribution in [2.45, 2.75) is 18.1 Å². The number of thioether (sulfide) groups is 1. The van der Waals surface area contributed by atoms with Gasteiger partial charge in [-0.1, -0.05) is 0 Å². The second kappa shape index (κ2) is 6.14. The van der Waals surface area contributed by atoms with E-state index < -0.39 is 0 Å². The molecular formula is C13H19N3O2S. The monoisotopic (exact) mass is 281 g/mol. The molecule has 6 heteroatoms. The van der Waals surface area contributed by atoms with Crippen LogP contribution in [-0.4, -0.2) is 42.7 Å². The molecule has 104 valence electrons. The molecule has 1 aromatic heterocycles. The van der Waals surface area contributed by atoms with E-state index in [0.29, 0.717) is 22.3 Å². The number of aromatic nitrogens is 1. The van der Waals surface area contributed by atoms with Gasteiger partial charge in [0.2, 0.25) is 0 Å². The topological polar surface area (TPSA) is 68.5 Å². The van der Waals surface area contributed by atoms with E-state index in [-0.39, 0.29) is 5.97 Å². The Kier molecular flexibility index (Phi) is 4.52. The van der Waals surface area contributed by atoms with Crippen LogP contribution >= 0.6 is 11.8 Å². The summed E-state index contributed by atoms with van der Waals surface area (Å²) in [7, 11) is 1.37. The minimum absolute atomic E-state index is 0.387. The van der Waals surface area contributed by atoms with Crippen LogP contribution in [0.3, 0.4) is 0 Å². The molecule has 2 heterocycles. The molecule has 1 aliphatic rings. The average molecular weight is 281 g/mol. The van der Waals surface area contributed by atoms with E-state index in [9.17, 15) is 4.79 Å². The summed E-state index contributed by atoms with van der Waals surface area (Å²) >= 11 is 1.90. The van der Waals surface area contributed by atoms with E-state index in [4.69, 9.17) is 10.5 Å². The highest BCUT2D eigenvalue weighted by Gasteiger charge is 2.24. The Bertz CT molecular complexity index is 459. The van der Waals surface area contributed by atoms with Gasteiger partial charge in [-0.2, -0.15) is 11.8 Å². The van der Waals surface area contributed by atoms with Crippen molar-refractivity contribution >= 4 is 29.2 Å². The van der Waals surface area contributed by atoms with Crippen LogP contribution in [-0.2, 0) is 4.74 Å². The fraction of sp³-hybridized carbons (Fsp3) is 0.538. The molecule has 1 saturated heterocycles. The number of methoxy groups -OCH3 is 1. The first-order chi connectivity index (χ1) is 9.15. The molecule has 1 aliphatic heterocycles. The van der Waals surface area contributed by atoms with Gasteiger partial charge in [0.1, 0.15) is 11.4 Å². The average Bonchev–Trinajstić information content (AvgIpc) is 2.46. The Morgan fingerprint density at radius 1 is 1.53 bits per heavy atom. The number of rotatable bonds is 3. The third-order valence-corrected chi connectivity index (χ3v) is 4.51. The van der Waals surface area contributed by atoms with Crippen molar-refractivity contribution < 1.29 is 9.53 Å². The van der Waals surface area contributed by atoms with E-state index in [1.165, 1.54) is 7.11 Å². The molecule has 0 aromatic carbocycles. The number of pyridine rings is 1. The molecule has 19 heavy (non-hydrogen) atoms. The van der Waals surface area contributed by atoms with Crippen LogP contribution in [0.4, 0.5) is 11.5 Å². The number of nitrogens with zero attached hydrogens (tertiary/aromatic N) is 2. The lowest BCUT2D eigenvalue weighted by atomic mass is 10.1. The third kappa shape index (κ3) is 3.12. The number of piperidine rings is 1. The Morgan fingerprint density at radius 3 is 2.79 bits per heavy atom. The number of carbonyl (C=O) groups is 1. The van der Waals surface area contributed by atoms with Gasteiger partial charge in [-0.25, -0.2) is 9.78 Å². The Balaban J connectivity index is 2.22. The molecular weight excluding hydrogens is 262 g/mol. The molecule has 0 amide bonds. The second-order valence-electron chi connectivity index (χ2n) is 4.55. The first kappa shape index (κ1) is 14.0. The van der Waals surface area contributed by atoms with Crippen molar-refractivity contribution in [2.75, 3.05) is 37.1 Å². The van der Waals surface area contributed by atoms with Gasteiger partial charge in [-0.15, -0.1) is 0 Å². The minimum atomic E-state index is -0.387. The zero-order chi connectivity index (χ0) is 13.8. The van der Waals surface area contributed by atoms with E-state index in [0.717, 1.165) is 25.9 Å². The number of anilines is 2. The number of ether oxygens (including phenoxy) is 1. The fourth-order valence-electron chi connectivity index (χ4n) is 2.29. The van der Waals surface area contributed by atoms with Crippen molar-refractivity contribution in [1.29, 1.82) is 0 Å². The minimum Gasteiger partial charge on any atom is -0.465 e. The summed E-state index contributed by atoms with van der Waals surface area (Å²) < 4.78 is 4.80. The Labute approximate surface area is 117 Å². The summed E-state index contributed by atoms with van der Waals surface area (Å²) in [6, 6.07) is 1.63. The molecule has 5 nitrogen and oxygen atoms in total. The van der Waals surface area contributed by atoms with Crippen LogP contribution in [0, 0.1) is 0 Å². The third-order valence-electron chi connectivity index (χ3n) is 3.37. The van der Waals surface area contributed by atoms with E-state index in [2.05, 4.69) is 16.1 Å². The first-order valence-corrected chi connectivity index (χ1v) is 7.56. The molecule has 2 rings (SSSR count). The molecule has 1 fully saturated rings. The van der Waals surface area contributed by atoms with Crippen molar-refractivity contribution in [3.63, 3.8) is 0 Å². The molecule has 0 aliphatic carbocycles. The molecule has 0 bridgehead atoms. The Hall–Kier alpha value is -1.43. The van der Waals surface area contributed by atoms with Crippen molar-refractivity contribution in [1.82, 2.24) is 4.98 Å². The normalized spacial score (nSPS) is 16.4. The number of hydrogen-bond acceptors (Lipinski definition) is 6. The van der Waals surface area contributed by atoms with Gasteiger partial charge in [0.15, 0.2) is 0 Å². The van der Waals surface area contributed by atoms with Gasteiger partial charge < -0.3 is 15.4 Å². The molecule has 0 radical (unpaired) electrons. The summed E-state index contributed by atoms with van der Waals surface area (Å²) in [4.78, 5) is 18.3. The van der Waals surface area contributed by atoms with Crippen LogP contribution in [0.15, 0.2) is 12.3 Å². The first-order valence-electron chi connectivity index (χ1n) is 6.27. The zero-order valence-corrected chi connectivity index (χ0v) is 12.1. The summed E-state index contributed by atoms with van der Waals surface area (Å²) in [6.45, 7) is 1.82. The lowest BCUT2D eigenvalue weighted by molar-refractivity contribution is 0.0601. The van der Waals surface area contributed by atoms with Crippen LogP contribution < -0.4 is 10.6 Å². The van der Waals surface area contributed by atoms with Gasteiger partial charge in [0.05, 0.1) is 19.0 Å². The number of hydrogen-bond donors (Lipinski definition) is 1. The number of carbonyl (C=O) groups excluding carboxylic acids is 1. The smallest absolute Gasteiger partial charge is 0.341 e. The van der Waals surface area contributed by atoms with Crippen LogP contribution in [0.5, 0.6) is 0 Å². The van der Waals surface area contributed by atoms with Crippen molar-refractivity contribution in [3.8, 4) is 0 Å². The quantitative estimate of drug-likeness (QED) is 0.852. The molecule has 1 aromatic rings. The van der Waals surface area contributed by atoms with E-state index in [1.54, 1.807) is 12.3 Å². The number of nitrogens with two attached hydrogens (primary N) is 1. The van der Waals surface area contributed by atoms with Crippen molar-refractivity contribution in [2.24, 2.45) is 0 Å². The van der Waals surface area contributed by atoms with E-state index in [1.807, 2.05) is 11.8 Å². The van der Waals surface area contributed by atoms with Crippen molar-refractivity contribution in [3.05, 3.63) is 17.8 Å². The highest BCUT2D eigenvalue weighted by molar-refractivity contribution is 7.99. The lowest BCUT2D eigenvalue weighted by Crippen LogP contribution is -2.36. The number of esters is 1. The second-order valence-corrected chi connectivity index (χ2v) is 5.69. The highest BCUT2D eigenvalue weighted by atomic mass is 32.2. The summed E-state index contributed by atoms with van der Waals surface area (Å²) in [6.07, 6.45) is 5.94. The van der Waals surface area contributed by atoms with Gasteiger partial charge in [-0.05, 0) is 25.2 Å². The molecule has 2 N–H and O–H groups in total. The van der Waals surface area contributed by atoms with Gasteiger partial charge in [-0.3, -0.25) is 0 Å². The predicted octanol–water partition coefficient (Wildman–Crippen LogP) is 1.78. The van der Waals surface area contributed by atoms with Gasteiger partial charge in [0.25, 0.3) is 0 Å². The largest absolute Gasteiger partial charge is 0.465 e.